The van der Waals surface area contributed by atoms with Gasteiger partial charge in [0.1, 0.15) is 0 Å². The van der Waals surface area contributed by atoms with Crippen molar-refractivity contribution in [2.24, 2.45) is 5.73 Å². The van der Waals surface area contributed by atoms with E-state index in [1.54, 1.807) is 0 Å². The summed E-state index contributed by atoms with van der Waals surface area (Å²) >= 11 is 0. The van der Waals surface area contributed by atoms with Gasteiger partial charge in [-0.1, -0.05) is 12.1 Å². The standard InChI is InChI=1S/C12H15N5.ClH/c13-8-5-6-17(7-8)12-11(14)15-9-3-1-2-4-10(9)16-12;/h1-4,8H,5-7,13H2,(H2,14,15);1H/t8-;/m1./s1. The van der Waals surface area contributed by atoms with E-state index in [1.807, 2.05) is 24.3 Å². The summed E-state index contributed by atoms with van der Waals surface area (Å²) in [6, 6.07) is 7.95. The average Bonchev–Trinajstić information content (AvgIpc) is 2.75. The number of para-hydroxylation sites is 2. The first kappa shape index (κ1) is 12.9. The quantitative estimate of drug-likeness (QED) is 0.809. The van der Waals surface area contributed by atoms with E-state index < -0.39 is 0 Å². The molecule has 0 radical (unpaired) electrons. The fourth-order valence-electron chi connectivity index (χ4n) is 2.22. The van der Waals surface area contributed by atoms with Crippen molar-refractivity contribution in [2.45, 2.75) is 12.5 Å². The van der Waals surface area contributed by atoms with Crippen molar-refractivity contribution >= 4 is 35.1 Å². The van der Waals surface area contributed by atoms with Crippen LogP contribution in [0.4, 0.5) is 11.6 Å². The summed E-state index contributed by atoms with van der Waals surface area (Å²) in [7, 11) is 0. The summed E-state index contributed by atoms with van der Waals surface area (Å²) < 4.78 is 0. The minimum Gasteiger partial charge on any atom is -0.381 e. The third-order valence-corrected chi connectivity index (χ3v) is 3.10. The van der Waals surface area contributed by atoms with Crippen LogP contribution in [0, 0.1) is 0 Å². The topological polar surface area (TPSA) is 81.1 Å². The number of nitrogens with zero attached hydrogens (tertiary/aromatic N) is 3. The lowest BCUT2D eigenvalue weighted by Gasteiger charge is -2.18. The van der Waals surface area contributed by atoms with E-state index in [9.17, 15) is 0 Å². The summed E-state index contributed by atoms with van der Waals surface area (Å²) in [6.07, 6.45) is 0.980. The summed E-state index contributed by atoms with van der Waals surface area (Å²) in [4.78, 5) is 11.1. The molecule has 1 aliphatic heterocycles. The van der Waals surface area contributed by atoms with E-state index in [2.05, 4.69) is 14.9 Å². The third-order valence-electron chi connectivity index (χ3n) is 3.10. The molecule has 4 N–H and O–H groups in total. The largest absolute Gasteiger partial charge is 0.381 e. The Kier molecular flexibility index (Phi) is 3.54. The number of halogens is 1. The fraction of sp³-hybridized carbons (Fsp3) is 0.333. The number of benzene rings is 1. The Morgan fingerprint density at radius 1 is 1.17 bits per heavy atom. The molecular weight excluding hydrogens is 250 g/mol. The highest BCUT2D eigenvalue weighted by molar-refractivity contribution is 5.85. The maximum absolute atomic E-state index is 5.96. The molecule has 0 saturated carbocycles. The summed E-state index contributed by atoms with van der Waals surface area (Å²) in [6.45, 7) is 1.70. The first-order chi connectivity index (χ1) is 8.24. The van der Waals surface area contributed by atoms with Crippen LogP contribution in [0.5, 0.6) is 0 Å². The highest BCUT2D eigenvalue weighted by atomic mass is 35.5. The van der Waals surface area contributed by atoms with Crippen molar-refractivity contribution in [3.05, 3.63) is 24.3 Å². The minimum absolute atomic E-state index is 0. The predicted octanol–water partition coefficient (Wildman–Crippen LogP) is 1.17. The Morgan fingerprint density at radius 3 is 2.44 bits per heavy atom. The van der Waals surface area contributed by atoms with Gasteiger partial charge < -0.3 is 16.4 Å². The van der Waals surface area contributed by atoms with Gasteiger partial charge in [-0.25, -0.2) is 9.97 Å². The number of hydrogen-bond acceptors (Lipinski definition) is 5. The summed E-state index contributed by atoms with van der Waals surface area (Å²) in [5.41, 5.74) is 13.6. The number of hydrogen-bond donors (Lipinski definition) is 2. The van der Waals surface area contributed by atoms with Crippen molar-refractivity contribution in [1.82, 2.24) is 9.97 Å². The second-order valence-electron chi connectivity index (χ2n) is 4.42. The van der Waals surface area contributed by atoms with Crippen molar-refractivity contribution in [1.29, 1.82) is 0 Å². The molecule has 1 saturated heterocycles. The Bertz CT molecular complexity index is 559. The van der Waals surface area contributed by atoms with E-state index in [0.29, 0.717) is 5.82 Å². The van der Waals surface area contributed by atoms with Gasteiger partial charge in [0.2, 0.25) is 0 Å². The maximum Gasteiger partial charge on any atom is 0.172 e. The molecule has 5 nitrogen and oxygen atoms in total. The van der Waals surface area contributed by atoms with Crippen LogP contribution in [0.3, 0.4) is 0 Å². The highest BCUT2D eigenvalue weighted by Gasteiger charge is 2.22. The van der Waals surface area contributed by atoms with Crippen LogP contribution >= 0.6 is 12.4 Å². The Balaban J connectivity index is 0.00000120. The Morgan fingerprint density at radius 2 is 1.83 bits per heavy atom. The van der Waals surface area contributed by atoms with E-state index in [-0.39, 0.29) is 18.4 Å². The molecule has 1 aliphatic rings. The van der Waals surface area contributed by atoms with Gasteiger partial charge in [-0.15, -0.1) is 12.4 Å². The highest BCUT2D eigenvalue weighted by Crippen LogP contribution is 2.25. The monoisotopic (exact) mass is 265 g/mol. The summed E-state index contributed by atoms with van der Waals surface area (Å²) in [5, 5.41) is 0. The normalized spacial score (nSPS) is 18.9. The third kappa shape index (κ3) is 2.19. The number of anilines is 2. The SMILES string of the molecule is Cl.Nc1nc2ccccc2nc1N1CC[C@@H](N)C1. The second-order valence-corrected chi connectivity index (χ2v) is 4.42. The molecule has 1 aromatic carbocycles. The van der Waals surface area contributed by atoms with Crippen LogP contribution in [-0.2, 0) is 0 Å². The summed E-state index contributed by atoms with van der Waals surface area (Å²) in [5.74, 6) is 1.24. The van der Waals surface area contributed by atoms with Gasteiger partial charge in [0.25, 0.3) is 0 Å². The molecule has 18 heavy (non-hydrogen) atoms. The lowest BCUT2D eigenvalue weighted by Crippen LogP contribution is -2.27. The lowest BCUT2D eigenvalue weighted by atomic mass is 10.3. The Hall–Kier alpha value is -1.59. The van der Waals surface area contributed by atoms with Crippen molar-refractivity contribution in [2.75, 3.05) is 23.7 Å². The molecule has 96 valence electrons. The zero-order valence-electron chi connectivity index (χ0n) is 9.91. The maximum atomic E-state index is 5.96. The second kappa shape index (κ2) is 4.96. The molecule has 2 aromatic rings. The smallest absolute Gasteiger partial charge is 0.172 e. The van der Waals surface area contributed by atoms with Gasteiger partial charge in [0.05, 0.1) is 11.0 Å². The number of nitrogen functional groups attached to an aromatic ring is 1. The minimum atomic E-state index is 0. The lowest BCUT2D eigenvalue weighted by molar-refractivity contribution is 0.751. The zero-order chi connectivity index (χ0) is 11.8. The molecular formula is C12H16ClN5. The molecule has 0 aliphatic carbocycles. The van der Waals surface area contributed by atoms with Crippen LogP contribution in [0.15, 0.2) is 24.3 Å². The van der Waals surface area contributed by atoms with E-state index in [1.165, 1.54) is 0 Å². The molecule has 1 fully saturated rings. The molecule has 3 rings (SSSR count). The predicted molar refractivity (Wildman–Crippen MR) is 76.0 cm³/mol. The van der Waals surface area contributed by atoms with Gasteiger partial charge >= 0.3 is 0 Å². The first-order valence-corrected chi connectivity index (χ1v) is 5.77. The molecule has 2 heterocycles. The van der Waals surface area contributed by atoms with Gasteiger partial charge in [-0.2, -0.15) is 0 Å². The number of aromatic nitrogens is 2. The molecule has 1 aromatic heterocycles. The van der Waals surface area contributed by atoms with Crippen LogP contribution in [0.25, 0.3) is 11.0 Å². The molecule has 0 spiro atoms. The molecule has 1 atom stereocenters. The molecule has 0 amide bonds. The molecule has 0 bridgehead atoms. The van der Waals surface area contributed by atoms with E-state index >= 15 is 0 Å². The van der Waals surface area contributed by atoms with Gasteiger partial charge in [0.15, 0.2) is 11.6 Å². The van der Waals surface area contributed by atoms with Crippen LogP contribution in [-0.4, -0.2) is 29.1 Å². The van der Waals surface area contributed by atoms with Gasteiger partial charge in [-0.05, 0) is 18.6 Å². The number of fused-ring (bicyclic) bond motifs is 1. The van der Waals surface area contributed by atoms with Crippen LogP contribution < -0.4 is 16.4 Å². The Labute approximate surface area is 112 Å². The fourth-order valence-corrected chi connectivity index (χ4v) is 2.22. The van der Waals surface area contributed by atoms with Crippen LogP contribution in [0.1, 0.15) is 6.42 Å². The van der Waals surface area contributed by atoms with E-state index in [4.69, 9.17) is 11.5 Å². The number of nitrogens with two attached hydrogens (primary N) is 2. The van der Waals surface area contributed by atoms with Crippen molar-refractivity contribution in [3.63, 3.8) is 0 Å². The van der Waals surface area contributed by atoms with Gasteiger partial charge in [0, 0.05) is 19.1 Å². The molecule has 6 heteroatoms. The number of rotatable bonds is 1. The van der Waals surface area contributed by atoms with Gasteiger partial charge in [-0.3, -0.25) is 0 Å². The van der Waals surface area contributed by atoms with Crippen molar-refractivity contribution < 1.29 is 0 Å². The van der Waals surface area contributed by atoms with Crippen LogP contribution in [0.2, 0.25) is 0 Å². The van der Waals surface area contributed by atoms with Crippen molar-refractivity contribution in [3.8, 4) is 0 Å². The average molecular weight is 266 g/mol. The molecule has 0 unspecified atom stereocenters. The zero-order valence-corrected chi connectivity index (χ0v) is 10.7. The van der Waals surface area contributed by atoms with E-state index in [0.717, 1.165) is 36.4 Å². The first-order valence-electron chi connectivity index (χ1n) is 5.77.